The normalized spacial score (nSPS) is 10.5. The van der Waals surface area contributed by atoms with Crippen LogP contribution >= 0.6 is 11.6 Å². The summed E-state index contributed by atoms with van der Waals surface area (Å²) in [7, 11) is 1.46. The molecule has 2 aromatic rings. The van der Waals surface area contributed by atoms with Crippen LogP contribution in [0, 0.1) is 0 Å². The number of rotatable bonds is 5. The second-order valence-electron chi connectivity index (χ2n) is 4.01. The quantitative estimate of drug-likeness (QED) is 0.831. The van der Waals surface area contributed by atoms with Gasteiger partial charge in [-0.05, 0) is 0 Å². The lowest BCUT2D eigenvalue weighted by atomic mass is 10.2. The summed E-state index contributed by atoms with van der Waals surface area (Å²) in [6.45, 7) is 0.728. The molecule has 2 rings (SSSR count). The van der Waals surface area contributed by atoms with E-state index in [9.17, 15) is 9.59 Å². The van der Waals surface area contributed by atoms with E-state index in [4.69, 9.17) is 16.7 Å². The minimum atomic E-state index is -1.20. The van der Waals surface area contributed by atoms with Crippen LogP contribution < -0.4 is 5.32 Å². The fraction of sp³-hybridized carbons (Fsp3) is 0.273. The summed E-state index contributed by atoms with van der Waals surface area (Å²) in [6.07, 6.45) is 4.34. The maximum atomic E-state index is 11.9. The number of halogens is 1. The van der Waals surface area contributed by atoms with Crippen LogP contribution in [-0.2, 0) is 13.6 Å². The molecule has 2 N–H and O–H groups in total. The van der Waals surface area contributed by atoms with Crippen LogP contribution in [0.25, 0.3) is 0 Å². The molecule has 0 bridgehead atoms. The van der Waals surface area contributed by atoms with Gasteiger partial charge in [-0.25, -0.2) is 4.79 Å². The predicted molar refractivity (Wildman–Crippen MR) is 69.7 cm³/mol. The molecule has 2 heterocycles. The largest absolute Gasteiger partial charge is 0.477 e. The van der Waals surface area contributed by atoms with Crippen molar-refractivity contribution in [1.29, 1.82) is 0 Å². The van der Waals surface area contributed by atoms with E-state index in [0.29, 0.717) is 18.1 Å². The third-order valence-electron chi connectivity index (χ3n) is 2.61. The van der Waals surface area contributed by atoms with E-state index in [1.165, 1.54) is 19.4 Å². The number of hydrogen-bond donors (Lipinski definition) is 2. The third kappa shape index (κ3) is 2.97. The number of aryl methyl sites for hydroxylation is 1. The van der Waals surface area contributed by atoms with Crippen molar-refractivity contribution < 1.29 is 14.7 Å². The summed E-state index contributed by atoms with van der Waals surface area (Å²) in [4.78, 5) is 22.9. The number of amides is 1. The number of carboxylic acid groups (broad SMARTS) is 1. The molecule has 106 valence electrons. The summed E-state index contributed by atoms with van der Waals surface area (Å²) in [5, 5.41) is 19.9. The maximum absolute atomic E-state index is 11.9. The highest BCUT2D eigenvalue weighted by atomic mass is 35.5. The van der Waals surface area contributed by atoms with E-state index in [0.717, 1.165) is 4.68 Å². The summed E-state index contributed by atoms with van der Waals surface area (Å²) < 4.78 is 2.72. The highest BCUT2D eigenvalue weighted by Gasteiger charge is 2.20. The van der Waals surface area contributed by atoms with E-state index in [1.54, 1.807) is 10.9 Å². The second-order valence-corrected chi connectivity index (χ2v) is 4.45. The molecule has 0 aliphatic carbocycles. The van der Waals surface area contributed by atoms with Gasteiger partial charge in [0.1, 0.15) is 0 Å². The highest BCUT2D eigenvalue weighted by molar-refractivity contribution is 6.30. The lowest BCUT2D eigenvalue weighted by Crippen LogP contribution is -2.28. The molecule has 8 nitrogen and oxygen atoms in total. The van der Waals surface area contributed by atoms with Crippen molar-refractivity contribution in [3.8, 4) is 0 Å². The van der Waals surface area contributed by atoms with Crippen molar-refractivity contribution >= 4 is 23.5 Å². The summed E-state index contributed by atoms with van der Waals surface area (Å²) >= 11 is 5.71. The van der Waals surface area contributed by atoms with Gasteiger partial charge in [0.05, 0.1) is 29.5 Å². The number of nitrogens with one attached hydrogen (secondary N) is 1. The molecule has 0 aliphatic rings. The zero-order valence-corrected chi connectivity index (χ0v) is 11.3. The molecule has 2 aromatic heterocycles. The van der Waals surface area contributed by atoms with Crippen molar-refractivity contribution in [1.82, 2.24) is 24.9 Å². The third-order valence-corrected chi connectivity index (χ3v) is 2.81. The van der Waals surface area contributed by atoms with E-state index < -0.39 is 11.9 Å². The Hall–Kier alpha value is -2.35. The first-order valence-corrected chi connectivity index (χ1v) is 6.08. The van der Waals surface area contributed by atoms with Gasteiger partial charge in [0.2, 0.25) is 0 Å². The topological polar surface area (TPSA) is 102 Å². The van der Waals surface area contributed by atoms with Gasteiger partial charge in [0.25, 0.3) is 5.91 Å². The van der Waals surface area contributed by atoms with Crippen molar-refractivity contribution in [3.05, 3.63) is 34.9 Å². The lowest BCUT2D eigenvalue weighted by molar-refractivity contribution is 0.0679. The zero-order valence-electron chi connectivity index (χ0n) is 10.6. The van der Waals surface area contributed by atoms with Crippen LogP contribution in [0.1, 0.15) is 20.8 Å². The van der Waals surface area contributed by atoms with Crippen LogP contribution in [0.5, 0.6) is 0 Å². The van der Waals surface area contributed by atoms with Crippen LogP contribution in [0.15, 0.2) is 18.6 Å². The second kappa shape index (κ2) is 5.74. The Morgan fingerprint density at radius 2 is 2.15 bits per heavy atom. The molecule has 0 spiro atoms. The van der Waals surface area contributed by atoms with Gasteiger partial charge in [-0.15, -0.1) is 0 Å². The molecular formula is C11H12ClN5O3. The van der Waals surface area contributed by atoms with Crippen LogP contribution in [0.3, 0.4) is 0 Å². The van der Waals surface area contributed by atoms with Crippen molar-refractivity contribution in [2.45, 2.75) is 6.54 Å². The molecule has 0 atom stereocenters. The maximum Gasteiger partial charge on any atom is 0.354 e. The van der Waals surface area contributed by atoms with Gasteiger partial charge in [0.15, 0.2) is 5.69 Å². The molecule has 0 aromatic carbocycles. The fourth-order valence-corrected chi connectivity index (χ4v) is 1.85. The Morgan fingerprint density at radius 1 is 1.40 bits per heavy atom. The molecule has 9 heteroatoms. The van der Waals surface area contributed by atoms with E-state index in [-0.39, 0.29) is 11.3 Å². The number of nitrogens with zero attached hydrogens (tertiary/aromatic N) is 4. The zero-order chi connectivity index (χ0) is 14.7. The fourth-order valence-electron chi connectivity index (χ4n) is 1.70. The van der Waals surface area contributed by atoms with E-state index >= 15 is 0 Å². The van der Waals surface area contributed by atoms with Crippen LogP contribution in [0.4, 0.5) is 0 Å². The average Bonchev–Trinajstić information content (AvgIpc) is 2.95. The standard InChI is InChI=1S/C11H12ClN5O3/c1-16-9(11(19)20)8(5-14-16)10(18)13-2-3-17-6-7(12)4-15-17/h4-6H,2-3H2,1H3,(H,13,18)(H,19,20). The molecule has 0 fully saturated rings. The monoisotopic (exact) mass is 297 g/mol. The number of carbonyl (C=O) groups excluding carboxylic acids is 1. The molecule has 0 aliphatic heterocycles. The predicted octanol–water partition coefficient (Wildman–Crippen LogP) is 0.398. The number of aromatic nitrogens is 4. The van der Waals surface area contributed by atoms with Gasteiger partial charge in [-0.3, -0.25) is 14.2 Å². The van der Waals surface area contributed by atoms with Gasteiger partial charge in [0, 0.05) is 19.8 Å². The molecular weight excluding hydrogens is 286 g/mol. The lowest BCUT2D eigenvalue weighted by Gasteiger charge is -2.05. The Bertz CT molecular complexity index is 648. The van der Waals surface area contributed by atoms with Gasteiger partial charge < -0.3 is 10.4 Å². The summed E-state index contributed by atoms with van der Waals surface area (Å²) in [6, 6.07) is 0. The molecule has 20 heavy (non-hydrogen) atoms. The first-order valence-electron chi connectivity index (χ1n) is 5.70. The van der Waals surface area contributed by atoms with Crippen LogP contribution in [-0.4, -0.2) is 43.1 Å². The minimum Gasteiger partial charge on any atom is -0.477 e. The van der Waals surface area contributed by atoms with Crippen molar-refractivity contribution in [2.24, 2.45) is 7.05 Å². The minimum absolute atomic E-state index is 0.0264. The van der Waals surface area contributed by atoms with E-state index in [1.807, 2.05) is 0 Å². The SMILES string of the molecule is Cn1ncc(C(=O)NCCn2cc(Cl)cn2)c1C(=O)O. The number of hydrogen-bond acceptors (Lipinski definition) is 4. The Balaban J connectivity index is 1.97. The molecule has 0 radical (unpaired) electrons. The molecule has 0 saturated carbocycles. The van der Waals surface area contributed by atoms with E-state index in [2.05, 4.69) is 15.5 Å². The van der Waals surface area contributed by atoms with Gasteiger partial charge in [-0.1, -0.05) is 11.6 Å². The number of carboxylic acids is 1. The van der Waals surface area contributed by atoms with Crippen LogP contribution in [0.2, 0.25) is 5.02 Å². The van der Waals surface area contributed by atoms with Crippen molar-refractivity contribution in [2.75, 3.05) is 6.54 Å². The molecule has 1 amide bonds. The summed E-state index contributed by atoms with van der Waals surface area (Å²) in [5.41, 5.74) is -0.122. The number of aromatic carboxylic acids is 1. The smallest absolute Gasteiger partial charge is 0.354 e. The molecule has 0 unspecified atom stereocenters. The highest BCUT2D eigenvalue weighted by Crippen LogP contribution is 2.07. The number of carbonyl (C=O) groups is 2. The first kappa shape index (κ1) is 14.1. The molecule has 0 saturated heterocycles. The Kier molecular flexibility index (Phi) is 4.04. The summed E-state index contributed by atoms with van der Waals surface area (Å²) in [5.74, 6) is -1.69. The Labute approximate surface area is 118 Å². The average molecular weight is 298 g/mol. The first-order chi connectivity index (χ1) is 9.49. The van der Waals surface area contributed by atoms with Crippen molar-refractivity contribution in [3.63, 3.8) is 0 Å². The Morgan fingerprint density at radius 3 is 2.75 bits per heavy atom. The van der Waals surface area contributed by atoms with Gasteiger partial charge >= 0.3 is 5.97 Å². The van der Waals surface area contributed by atoms with Gasteiger partial charge in [-0.2, -0.15) is 10.2 Å².